The van der Waals surface area contributed by atoms with Gasteiger partial charge in [-0.15, -0.1) is 0 Å². The molecule has 6 heteroatoms. The van der Waals surface area contributed by atoms with Crippen molar-refractivity contribution >= 4 is 40.1 Å². The average molecular weight is 424 g/mol. The van der Waals surface area contributed by atoms with Crippen LogP contribution in [0.5, 0.6) is 5.75 Å². The Morgan fingerprint density at radius 3 is 2.20 bits per heavy atom. The van der Waals surface area contributed by atoms with Gasteiger partial charge in [-0.25, -0.2) is 0 Å². The minimum absolute atomic E-state index is 0.336. The van der Waals surface area contributed by atoms with Crippen LogP contribution in [-0.4, -0.2) is 18.3 Å². The Hall–Kier alpha value is -1.01. The quantitative estimate of drug-likeness (QED) is 0.649. The molecular weight excluding hydrogens is 402 g/mol. The molecule has 0 spiro atoms. The lowest BCUT2D eigenvalue weighted by molar-refractivity contribution is 0.00578. The van der Waals surface area contributed by atoms with Gasteiger partial charge in [-0.3, -0.25) is 0 Å². The molecule has 1 aliphatic rings. The zero-order chi connectivity index (χ0) is 18.2. The Morgan fingerprint density at radius 1 is 1.00 bits per heavy atom. The van der Waals surface area contributed by atoms with Crippen molar-refractivity contribution in [1.29, 1.82) is 0 Å². The predicted molar refractivity (Wildman–Crippen MR) is 106 cm³/mol. The highest BCUT2D eigenvalue weighted by Gasteiger charge is 2.51. The SMILES string of the molecule is CC1(C)OB(c2ccc(COc3cc(Br)ccc3Cl)cc2)OC1(C)C. The zero-order valence-corrected chi connectivity index (χ0v) is 17.1. The summed E-state index contributed by atoms with van der Waals surface area (Å²) in [6, 6.07) is 13.6. The van der Waals surface area contributed by atoms with Crippen LogP contribution in [0.3, 0.4) is 0 Å². The molecule has 0 radical (unpaired) electrons. The van der Waals surface area contributed by atoms with Crippen LogP contribution < -0.4 is 10.2 Å². The molecule has 1 aliphatic heterocycles. The lowest BCUT2D eigenvalue weighted by Gasteiger charge is -2.32. The van der Waals surface area contributed by atoms with E-state index in [1.807, 2.05) is 42.5 Å². The van der Waals surface area contributed by atoms with Crippen molar-refractivity contribution in [3.63, 3.8) is 0 Å². The molecule has 25 heavy (non-hydrogen) atoms. The number of ether oxygens (including phenoxy) is 1. The van der Waals surface area contributed by atoms with Gasteiger partial charge in [0.2, 0.25) is 0 Å². The van der Waals surface area contributed by atoms with Gasteiger partial charge in [-0.1, -0.05) is 51.8 Å². The predicted octanol–water partition coefficient (Wildman–Crippen LogP) is 4.98. The van der Waals surface area contributed by atoms with E-state index in [1.54, 1.807) is 0 Å². The van der Waals surface area contributed by atoms with E-state index in [2.05, 4.69) is 43.6 Å². The van der Waals surface area contributed by atoms with Crippen LogP contribution in [0.25, 0.3) is 0 Å². The summed E-state index contributed by atoms with van der Waals surface area (Å²) in [7, 11) is -0.348. The van der Waals surface area contributed by atoms with E-state index < -0.39 is 0 Å². The van der Waals surface area contributed by atoms with E-state index >= 15 is 0 Å². The fraction of sp³-hybridized carbons (Fsp3) is 0.368. The summed E-state index contributed by atoms with van der Waals surface area (Å²) in [6.07, 6.45) is 0. The minimum Gasteiger partial charge on any atom is -0.487 e. The third kappa shape index (κ3) is 4.06. The van der Waals surface area contributed by atoms with Crippen LogP contribution in [0, 0.1) is 0 Å². The Bertz CT molecular complexity index is 746. The summed E-state index contributed by atoms with van der Waals surface area (Å²) in [6.45, 7) is 8.65. The molecule has 1 fully saturated rings. The molecule has 2 aromatic rings. The molecule has 1 heterocycles. The second-order valence-corrected chi connectivity index (χ2v) is 8.52. The van der Waals surface area contributed by atoms with E-state index in [0.29, 0.717) is 17.4 Å². The first kappa shape index (κ1) is 18.8. The van der Waals surface area contributed by atoms with Crippen LogP contribution in [0.4, 0.5) is 0 Å². The zero-order valence-electron chi connectivity index (χ0n) is 14.8. The van der Waals surface area contributed by atoms with Crippen LogP contribution in [0.1, 0.15) is 33.3 Å². The number of hydrogen-bond acceptors (Lipinski definition) is 3. The van der Waals surface area contributed by atoms with E-state index in [1.165, 1.54) is 0 Å². The topological polar surface area (TPSA) is 27.7 Å². The largest absolute Gasteiger partial charge is 0.494 e. The lowest BCUT2D eigenvalue weighted by atomic mass is 9.79. The van der Waals surface area contributed by atoms with E-state index in [4.69, 9.17) is 25.6 Å². The highest BCUT2D eigenvalue weighted by atomic mass is 79.9. The molecule has 0 atom stereocenters. The highest BCUT2D eigenvalue weighted by molar-refractivity contribution is 9.10. The summed E-state index contributed by atoms with van der Waals surface area (Å²) >= 11 is 9.57. The van der Waals surface area contributed by atoms with Gasteiger partial charge in [0.1, 0.15) is 12.4 Å². The van der Waals surface area contributed by atoms with Crippen LogP contribution in [0.2, 0.25) is 5.02 Å². The number of rotatable bonds is 4. The van der Waals surface area contributed by atoms with Gasteiger partial charge < -0.3 is 14.0 Å². The summed E-state index contributed by atoms with van der Waals surface area (Å²) in [5.74, 6) is 0.658. The number of halogens is 2. The van der Waals surface area contributed by atoms with E-state index in [9.17, 15) is 0 Å². The first-order chi connectivity index (χ1) is 11.7. The second-order valence-electron chi connectivity index (χ2n) is 7.19. The van der Waals surface area contributed by atoms with E-state index in [-0.39, 0.29) is 18.3 Å². The van der Waals surface area contributed by atoms with Gasteiger partial charge in [0, 0.05) is 4.47 Å². The third-order valence-corrected chi connectivity index (χ3v) is 5.60. The summed E-state index contributed by atoms with van der Waals surface area (Å²) < 4.78 is 18.9. The molecule has 3 rings (SSSR count). The molecule has 3 nitrogen and oxygen atoms in total. The molecule has 0 aromatic heterocycles. The van der Waals surface area contributed by atoms with Crippen molar-refractivity contribution in [2.45, 2.75) is 45.5 Å². The van der Waals surface area contributed by atoms with Crippen molar-refractivity contribution in [3.8, 4) is 5.75 Å². The Kier molecular flexibility index (Phi) is 5.22. The van der Waals surface area contributed by atoms with Crippen LogP contribution >= 0.6 is 27.5 Å². The maximum Gasteiger partial charge on any atom is 0.494 e. The van der Waals surface area contributed by atoms with Gasteiger partial charge >= 0.3 is 7.12 Å². The fourth-order valence-electron chi connectivity index (χ4n) is 2.50. The van der Waals surface area contributed by atoms with Crippen molar-refractivity contribution in [2.24, 2.45) is 0 Å². The first-order valence-corrected chi connectivity index (χ1v) is 9.37. The van der Waals surface area contributed by atoms with Crippen LogP contribution in [-0.2, 0) is 15.9 Å². The van der Waals surface area contributed by atoms with Gasteiger partial charge in [-0.05, 0) is 56.9 Å². The smallest absolute Gasteiger partial charge is 0.487 e. The third-order valence-electron chi connectivity index (χ3n) is 4.79. The summed E-state index contributed by atoms with van der Waals surface area (Å²) in [4.78, 5) is 0. The molecule has 1 saturated heterocycles. The molecule has 0 bridgehead atoms. The van der Waals surface area contributed by atoms with Gasteiger partial charge in [-0.2, -0.15) is 0 Å². The number of benzene rings is 2. The molecule has 0 saturated carbocycles. The van der Waals surface area contributed by atoms with Gasteiger partial charge in [0.25, 0.3) is 0 Å². The standard InChI is InChI=1S/C19H21BBrClO3/c1-18(2)19(3,4)25-20(24-18)14-7-5-13(6-8-14)12-23-17-11-15(21)9-10-16(17)22/h5-11H,12H2,1-4H3. The first-order valence-electron chi connectivity index (χ1n) is 8.20. The Balaban J connectivity index is 1.66. The van der Waals surface area contributed by atoms with E-state index in [0.717, 1.165) is 15.5 Å². The van der Waals surface area contributed by atoms with Gasteiger partial charge in [0.05, 0.1) is 16.2 Å². The maximum atomic E-state index is 6.15. The Labute approximate surface area is 162 Å². The molecular formula is C19H21BBrClO3. The fourth-order valence-corrected chi connectivity index (χ4v) is 3.01. The highest BCUT2D eigenvalue weighted by Crippen LogP contribution is 2.36. The monoisotopic (exact) mass is 422 g/mol. The van der Waals surface area contributed by atoms with Crippen molar-refractivity contribution in [3.05, 3.63) is 57.5 Å². The van der Waals surface area contributed by atoms with Crippen molar-refractivity contribution in [2.75, 3.05) is 0 Å². The molecule has 0 N–H and O–H groups in total. The summed E-state index contributed by atoms with van der Waals surface area (Å²) in [5.41, 5.74) is 1.38. The minimum atomic E-state index is -0.348. The molecule has 2 aromatic carbocycles. The molecule has 0 aliphatic carbocycles. The van der Waals surface area contributed by atoms with Gasteiger partial charge in [0.15, 0.2) is 0 Å². The van der Waals surface area contributed by atoms with Crippen molar-refractivity contribution < 1.29 is 14.0 Å². The maximum absolute atomic E-state index is 6.15. The number of hydrogen-bond donors (Lipinski definition) is 0. The normalized spacial score (nSPS) is 18.4. The average Bonchev–Trinajstić information content (AvgIpc) is 2.77. The van der Waals surface area contributed by atoms with Crippen LogP contribution in [0.15, 0.2) is 46.9 Å². The molecule has 0 amide bonds. The Morgan fingerprint density at radius 2 is 1.60 bits per heavy atom. The van der Waals surface area contributed by atoms with Crippen molar-refractivity contribution in [1.82, 2.24) is 0 Å². The second kappa shape index (κ2) is 6.95. The summed E-state index contributed by atoms with van der Waals surface area (Å²) in [5, 5.41) is 0.594. The molecule has 0 unspecified atom stereocenters. The molecule has 132 valence electrons. The lowest BCUT2D eigenvalue weighted by Crippen LogP contribution is -2.41.